The second-order valence-electron chi connectivity index (χ2n) is 5.94. The molecule has 3 rings (SSSR count). The van der Waals surface area contributed by atoms with E-state index in [-0.39, 0.29) is 4.75 Å². The van der Waals surface area contributed by atoms with Crippen LogP contribution in [0.4, 0.5) is 5.69 Å². The van der Waals surface area contributed by atoms with Crippen LogP contribution in [0.3, 0.4) is 0 Å². The van der Waals surface area contributed by atoms with Gasteiger partial charge in [0.1, 0.15) is 0 Å². The number of fused-ring (bicyclic) bond motifs is 1. The lowest BCUT2D eigenvalue weighted by Crippen LogP contribution is -2.27. The normalized spacial score (nSPS) is 24.9. The fourth-order valence-corrected chi connectivity index (χ4v) is 3.87. The van der Waals surface area contributed by atoms with Gasteiger partial charge in [-0.15, -0.1) is 0 Å². The smallest absolute Gasteiger partial charge is 0.193 e. The molecule has 3 N–H and O–H groups in total. The van der Waals surface area contributed by atoms with Gasteiger partial charge in [-0.1, -0.05) is 0 Å². The number of anilines is 1. The van der Waals surface area contributed by atoms with Gasteiger partial charge in [0, 0.05) is 22.9 Å². The number of nitrogens with zero attached hydrogens (tertiary/aromatic N) is 1. The lowest BCUT2D eigenvalue weighted by atomic mass is 10.1. The van der Waals surface area contributed by atoms with Crippen molar-refractivity contribution in [1.29, 1.82) is 0 Å². The van der Waals surface area contributed by atoms with E-state index in [4.69, 9.17) is 15.2 Å². The average Bonchev–Trinajstić information content (AvgIpc) is 2.80. The highest BCUT2D eigenvalue weighted by Gasteiger charge is 2.29. The number of benzene rings is 1. The summed E-state index contributed by atoms with van der Waals surface area (Å²) in [6, 6.07) is 5.75. The van der Waals surface area contributed by atoms with E-state index in [9.17, 15) is 0 Å². The first-order chi connectivity index (χ1) is 10.6. The van der Waals surface area contributed by atoms with Crippen LogP contribution in [0.15, 0.2) is 23.2 Å². The van der Waals surface area contributed by atoms with Crippen LogP contribution in [0.25, 0.3) is 0 Å². The highest BCUT2D eigenvalue weighted by Crippen LogP contribution is 2.37. The minimum atomic E-state index is 0.233. The molecule has 22 heavy (non-hydrogen) atoms. The first-order valence-electron chi connectivity index (χ1n) is 7.75. The van der Waals surface area contributed by atoms with Gasteiger partial charge in [-0.05, 0) is 37.7 Å². The van der Waals surface area contributed by atoms with E-state index in [0.29, 0.717) is 19.2 Å². The van der Waals surface area contributed by atoms with Crippen molar-refractivity contribution in [2.75, 3.05) is 30.8 Å². The van der Waals surface area contributed by atoms with E-state index in [2.05, 4.69) is 17.2 Å². The molecule has 1 atom stereocenters. The molecule has 0 bridgehead atoms. The summed E-state index contributed by atoms with van der Waals surface area (Å²) in [5.74, 6) is 3.21. The zero-order valence-corrected chi connectivity index (χ0v) is 13.7. The molecular formula is C16H23N3O2S. The molecule has 1 unspecified atom stereocenters. The van der Waals surface area contributed by atoms with Crippen molar-refractivity contribution in [2.45, 2.75) is 30.9 Å². The summed E-state index contributed by atoms with van der Waals surface area (Å²) in [6.45, 7) is 4.38. The zero-order valence-electron chi connectivity index (χ0n) is 12.9. The van der Waals surface area contributed by atoms with Crippen LogP contribution in [-0.2, 0) is 0 Å². The van der Waals surface area contributed by atoms with E-state index >= 15 is 0 Å². The number of guanidine groups is 1. The molecule has 1 aromatic rings. The van der Waals surface area contributed by atoms with Gasteiger partial charge in [-0.2, -0.15) is 11.8 Å². The van der Waals surface area contributed by atoms with Gasteiger partial charge in [-0.25, -0.2) is 0 Å². The van der Waals surface area contributed by atoms with Gasteiger partial charge >= 0.3 is 0 Å². The summed E-state index contributed by atoms with van der Waals surface area (Å²) in [4.78, 5) is 4.49. The maximum Gasteiger partial charge on any atom is 0.193 e. The summed E-state index contributed by atoms with van der Waals surface area (Å²) in [7, 11) is 0. The third kappa shape index (κ3) is 3.80. The first kappa shape index (κ1) is 15.3. The van der Waals surface area contributed by atoms with Crippen molar-refractivity contribution in [2.24, 2.45) is 10.7 Å². The second-order valence-corrected chi connectivity index (χ2v) is 7.62. The van der Waals surface area contributed by atoms with Crippen molar-refractivity contribution >= 4 is 23.4 Å². The number of rotatable bonds is 3. The number of ether oxygens (including phenoxy) is 2. The topological polar surface area (TPSA) is 68.9 Å². The number of nitrogens with two attached hydrogens (primary N) is 1. The predicted octanol–water partition coefficient (Wildman–Crippen LogP) is 2.86. The van der Waals surface area contributed by atoms with E-state index in [0.717, 1.165) is 30.2 Å². The average molecular weight is 321 g/mol. The van der Waals surface area contributed by atoms with E-state index in [1.807, 2.05) is 30.0 Å². The zero-order chi connectivity index (χ0) is 15.4. The lowest BCUT2D eigenvalue weighted by Gasteiger charge is -2.20. The summed E-state index contributed by atoms with van der Waals surface area (Å²) in [6.07, 6.45) is 3.38. The van der Waals surface area contributed by atoms with Crippen LogP contribution in [0.2, 0.25) is 0 Å². The predicted molar refractivity (Wildman–Crippen MR) is 92.3 cm³/mol. The first-order valence-corrected chi connectivity index (χ1v) is 8.74. The molecule has 5 nitrogen and oxygen atoms in total. The summed E-state index contributed by atoms with van der Waals surface area (Å²) in [5, 5.41) is 3.14. The van der Waals surface area contributed by atoms with Crippen LogP contribution < -0.4 is 20.5 Å². The quantitative estimate of drug-likeness (QED) is 0.662. The molecule has 0 spiro atoms. The van der Waals surface area contributed by atoms with Crippen molar-refractivity contribution in [3.8, 4) is 11.5 Å². The maximum atomic E-state index is 6.01. The van der Waals surface area contributed by atoms with Crippen LogP contribution in [0.5, 0.6) is 11.5 Å². The van der Waals surface area contributed by atoms with Crippen LogP contribution in [0, 0.1) is 0 Å². The Labute approximate surface area is 135 Å². The number of hydrogen-bond donors (Lipinski definition) is 2. The van der Waals surface area contributed by atoms with Gasteiger partial charge in [0.2, 0.25) is 0 Å². The Kier molecular flexibility index (Phi) is 4.66. The molecular weight excluding hydrogens is 298 g/mol. The monoisotopic (exact) mass is 321 g/mol. The highest BCUT2D eigenvalue weighted by atomic mass is 32.2. The van der Waals surface area contributed by atoms with Gasteiger partial charge in [0.25, 0.3) is 0 Å². The molecule has 1 fully saturated rings. The van der Waals surface area contributed by atoms with Crippen LogP contribution >= 0.6 is 11.8 Å². The van der Waals surface area contributed by atoms with Crippen LogP contribution in [0.1, 0.15) is 26.2 Å². The molecule has 0 saturated carbocycles. The molecule has 2 heterocycles. The lowest BCUT2D eigenvalue weighted by molar-refractivity contribution is 0.297. The van der Waals surface area contributed by atoms with Crippen molar-refractivity contribution < 1.29 is 9.47 Å². The maximum absolute atomic E-state index is 6.01. The van der Waals surface area contributed by atoms with Gasteiger partial charge in [0.05, 0.1) is 19.8 Å². The molecule has 0 radical (unpaired) electrons. The number of hydrogen-bond acceptors (Lipinski definition) is 4. The van der Waals surface area contributed by atoms with Gasteiger partial charge in [-0.3, -0.25) is 4.99 Å². The summed E-state index contributed by atoms with van der Waals surface area (Å²) >= 11 is 1.99. The molecule has 6 heteroatoms. The Hall–Kier alpha value is -1.56. The minimum Gasteiger partial charge on any atom is -0.490 e. The fraction of sp³-hybridized carbons (Fsp3) is 0.562. The van der Waals surface area contributed by atoms with Crippen molar-refractivity contribution in [1.82, 2.24) is 0 Å². The Bertz CT molecular complexity index is 556. The van der Waals surface area contributed by atoms with Gasteiger partial charge < -0.3 is 20.5 Å². The molecule has 0 aromatic heterocycles. The summed E-state index contributed by atoms with van der Waals surface area (Å²) in [5.41, 5.74) is 6.88. The molecule has 1 aromatic carbocycles. The van der Waals surface area contributed by atoms with E-state index < -0.39 is 0 Å². The highest BCUT2D eigenvalue weighted by molar-refractivity contribution is 8.00. The molecule has 1 saturated heterocycles. The van der Waals surface area contributed by atoms with Crippen molar-refractivity contribution in [3.05, 3.63) is 18.2 Å². The Morgan fingerprint density at radius 2 is 2.14 bits per heavy atom. The Morgan fingerprint density at radius 3 is 2.91 bits per heavy atom. The molecule has 0 aliphatic carbocycles. The number of thioether (sulfide) groups is 1. The SMILES string of the molecule is CC1(CN=C(N)Nc2ccc3c(c2)OCCCO3)CCCS1. The molecule has 2 aliphatic heterocycles. The van der Waals surface area contributed by atoms with Crippen LogP contribution in [-0.4, -0.2) is 36.2 Å². The molecule has 2 aliphatic rings. The third-order valence-corrected chi connectivity index (χ3v) is 5.43. The number of aliphatic imine (C=N–C) groups is 1. The third-order valence-electron chi connectivity index (χ3n) is 3.90. The minimum absolute atomic E-state index is 0.233. The fourth-order valence-electron chi connectivity index (χ4n) is 2.64. The summed E-state index contributed by atoms with van der Waals surface area (Å²) < 4.78 is 11.5. The Balaban J connectivity index is 1.63. The standard InChI is InChI=1S/C16H23N3O2S/c1-16(6-2-9-22-16)11-18-15(17)19-12-4-5-13-14(10-12)21-8-3-7-20-13/h4-5,10H,2-3,6-9,11H2,1H3,(H3,17,18,19). The Morgan fingerprint density at radius 1 is 1.32 bits per heavy atom. The largest absolute Gasteiger partial charge is 0.490 e. The molecule has 120 valence electrons. The van der Waals surface area contributed by atoms with E-state index in [1.165, 1.54) is 18.6 Å². The van der Waals surface area contributed by atoms with Crippen molar-refractivity contribution in [3.63, 3.8) is 0 Å². The second kappa shape index (κ2) is 6.69. The van der Waals surface area contributed by atoms with E-state index in [1.54, 1.807) is 0 Å². The number of nitrogens with one attached hydrogen (secondary N) is 1. The van der Waals surface area contributed by atoms with Gasteiger partial charge in [0.15, 0.2) is 17.5 Å². The molecule has 0 amide bonds.